The van der Waals surface area contributed by atoms with Gasteiger partial charge in [-0.25, -0.2) is 4.98 Å². The van der Waals surface area contributed by atoms with Crippen LogP contribution in [0.25, 0.3) is 0 Å². The SMILES string of the molecule is CCCCCCCCCC1(CCn2ccnc2)SCC(CC)CS1. The van der Waals surface area contributed by atoms with Crippen molar-refractivity contribution in [3.8, 4) is 0 Å². The highest BCUT2D eigenvalue weighted by atomic mass is 32.2. The Labute approximate surface area is 158 Å². The summed E-state index contributed by atoms with van der Waals surface area (Å²) in [6, 6.07) is 0. The van der Waals surface area contributed by atoms with E-state index < -0.39 is 0 Å². The van der Waals surface area contributed by atoms with E-state index in [0.29, 0.717) is 4.08 Å². The number of thioether (sulfide) groups is 2. The van der Waals surface area contributed by atoms with Crippen LogP contribution in [0.2, 0.25) is 0 Å². The molecule has 0 atom stereocenters. The molecule has 2 nitrogen and oxygen atoms in total. The number of aromatic nitrogens is 2. The van der Waals surface area contributed by atoms with Crippen molar-refractivity contribution in [2.24, 2.45) is 5.92 Å². The molecule has 1 aromatic rings. The quantitative estimate of drug-likeness (QED) is 0.386. The Bertz CT molecular complexity index is 411. The number of hydrogen-bond donors (Lipinski definition) is 0. The minimum atomic E-state index is 0.458. The van der Waals surface area contributed by atoms with Gasteiger partial charge in [0.05, 0.1) is 10.4 Å². The molecule has 0 aromatic carbocycles. The van der Waals surface area contributed by atoms with Gasteiger partial charge in [-0.2, -0.15) is 0 Å². The molecular weight excluding hydrogens is 332 g/mol. The monoisotopic (exact) mass is 368 g/mol. The van der Waals surface area contributed by atoms with E-state index in [0.717, 1.165) is 12.5 Å². The van der Waals surface area contributed by atoms with Crippen molar-refractivity contribution in [2.75, 3.05) is 11.5 Å². The fraction of sp³-hybridized carbons (Fsp3) is 0.850. The average Bonchev–Trinajstić information content (AvgIpc) is 3.14. The zero-order chi connectivity index (χ0) is 17.1. The molecule has 138 valence electrons. The molecule has 0 unspecified atom stereocenters. The summed E-state index contributed by atoms with van der Waals surface area (Å²) in [5.74, 6) is 3.66. The van der Waals surface area contributed by atoms with Gasteiger partial charge in [-0.3, -0.25) is 0 Å². The molecule has 4 heteroatoms. The molecule has 0 N–H and O–H groups in total. The average molecular weight is 369 g/mol. The molecule has 1 saturated heterocycles. The van der Waals surface area contributed by atoms with Crippen molar-refractivity contribution in [3.05, 3.63) is 18.7 Å². The Kier molecular flexibility index (Phi) is 9.70. The smallest absolute Gasteiger partial charge is 0.0945 e. The zero-order valence-electron chi connectivity index (χ0n) is 15.7. The van der Waals surface area contributed by atoms with Gasteiger partial charge in [0.15, 0.2) is 0 Å². The van der Waals surface area contributed by atoms with Gasteiger partial charge >= 0.3 is 0 Å². The Morgan fingerprint density at radius 2 is 1.71 bits per heavy atom. The van der Waals surface area contributed by atoms with Crippen LogP contribution in [-0.4, -0.2) is 25.1 Å². The van der Waals surface area contributed by atoms with Gasteiger partial charge in [-0.05, 0) is 30.3 Å². The van der Waals surface area contributed by atoms with Crippen molar-refractivity contribution in [3.63, 3.8) is 0 Å². The lowest BCUT2D eigenvalue weighted by atomic mass is 10.1. The standard InChI is InChI=1S/C20H36N2S2/c1-3-5-6-7-8-9-10-11-20(12-14-22-15-13-21-18-22)23-16-19(4-2)17-24-20/h13,15,18-19H,3-12,14,16-17H2,1-2H3. The van der Waals surface area contributed by atoms with Crippen molar-refractivity contribution < 1.29 is 0 Å². The largest absolute Gasteiger partial charge is 0.337 e. The molecule has 2 heterocycles. The van der Waals surface area contributed by atoms with Gasteiger partial charge in [0.25, 0.3) is 0 Å². The zero-order valence-corrected chi connectivity index (χ0v) is 17.3. The number of rotatable bonds is 12. The van der Waals surface area contributed by atoms with Gasteiger partial charge in [-0.1, -0.05) is 65.2 Å². The summed E-state index contributed by atoms with van der Waals surface area (Å²) in [7, 11) is 0. The number of imidazole rings is 1. The Hall–Kier alpha value is -0.0900. The van der Waals surface area contributed by atoms with Gasteiger partial charge in [0.2, 0.25) is 0 Å². The maximum Gasteiger partial charge on any atom is 0.0945 e. The van der Waals surface area contributed by atoms with Crippen LogP contribution in [0.3, 0.4) is 0 Å². The first-order valence-corrected chi connectivity index (χ1v) is 12.0. The van der Waals surface area contributed by atoms with Crippen LogP contribution < -0.4 is 0 Å². The molecule has 0 spiro atoms. The molecule has 0 saturated carbocycles. The summed E-state index contributed by atoms with van der Waals surface area (Å²) in [4.78, 5) is 4.19. The van der Waals surface area contributed by atoms with Crippen LogP contribution in [0, 0.1) is 5.92 Å². The highest BCUT2D eigenvalue weighted by Gasteiger charge is 2.35. The van der Waals surface area contributed by atoms with Crippen molar-refractivity contribution in [1.29, 1.82) is 0 Å². The molecule has 0 radical (unpaired) electrons. The molecule has 1 aromatic heterocycles. The van der Waals surface area contributed by atoms with E-state index in [1.54, 1.807) is 0 Å². The summed E-state index contributed by atoms with van der Waals surface area (Å²) < 4.78 is 2.71. The minimum Gasteiger partial charge on any atom is -0.337 e. The second-order valence-corrected chi connectivity index (χ2v) is 10.3. The topological polar surface area (TPSA) is 17.8 Å². The lowest BCUT2D eigenvalue weighted by Gasteiger charge is -2.39. The minimum absolute atomic E-state index is 0.458. The third-order valence-corrected chi connectivity index (χ3v) is 9.06. The van der Waals surface area contributed by atoms with Crippen molar-refractivity contribution in [1.82, 2.24) is 9.55 Å². The third-order valence-electron chi connectivity index (χ3n) is 5.21. The van der Waals surface area contributed by atoms with E-state index in [1.165, 1.54) is 75.7 Å². The summed E-state index contributed by atoms with van der Waals surface area (Å²) in [6.07, 6.45) is 19.9. The molecule has 1 aliphatic rings. The molecular formula is C20H36N2S2. The molecule has 2 rings (SSSR count). The summed E-state index contributed by atoms with van der Waals surface area (Å²) in [6.45, 7) is 5.76. The van der Waals surface area contributed by atoms with Gasteiger partial charge in [0, 0.05) is 18.9 Å². The van der Waals surface area contributed by atoms with E-state index in [4.69, 9.17) is 0 Å². The lowest BCUT2D eigenvalue weighted by Crippen LogP contribution is -2.30. The Morgan fingerprint density at radius 1 is 1.00 bits per heavy atom. The Morgan fingerprint density at radius 3 is 2.33 bits per heavy atom. The second-order valence-electron chi connectivity index (χ2n) is 7.23. The highest BCUT2D eigenvalue weighted by Crippen LogP contribution is 2.50. The maximum absolute atomic E-state index is 4.19. The molecule has 24 heavy (non-hydrogen) atoms. The molecule has 0 aliphatic carbocycles. The number of nitrogens with zero attached hydrogens (tertiary/aromatic N) is 2. The van der Waals surface area contributed by atoms with Crippen LogP contribution in [0.4, 0.5) is 0 Å². The van der Waals surface area contributed by atoms with E-state index in [-0.39, 0.29) is 0 Å². The predicted octanol–water partition coefficient (Wildman–Crippen LogP) is 6.62. The van der Waals surface area contributed by atoms with Crippen molar-refractivity contribution in [2.45, 2.75) is 88.7 Å². The second kappa shape index (κ2) is 11.5. The van der Waals surface area contributed by atoms with Crippen LogP contribution in [-0.2, 0) is 6.54 Å². The fourth-order valence-electron chi connectivity index (χ4n) is 3.35. The molecule has 1 aliphatic heterocycles. The van der Waals surface area contributed by atoms with Crippen molar-refractivity contribution >= 4 is 23.5 Å². The number of hydrogen-bond acceptors (Lipinski definition) is 3. The van der Waals surface area contributed by atoms with Crippen LogP contribution in [0.15, 0.2) is 18.7 Å². The van der Waals surface area contributed by atoms with Gasteiger partial charge in [-0.15, -0.1) is 23.5 Å². The molecule has 0 bridgehead atoms. The third kappa shape index (κ3) is 7.03. The van der Waals surface area contributed by atoms with Crippen LogP contribution in [0.5, 0.6) is 0 Å². The normalized spacial score (nSPS) is 24.3. The first kappa shape index (κ1) is 20.2. The van der Waals surface area contributed by atoms with Crippen LogP contribution >= 0.6 is 23.5 Å². The molecule has 0 amide bonds. The van der Waals surface area contributed by atoms with E-state index in [1.807, 2.05) is 12.5 Å². The van der Waals surface area contributed by atoms with E-state index in [9.17, 15) is 0 Å². The number of unbranched alkanes of at least 4 members (excludes halogenated alkanes) is 6. The maximum atomic E-state index is 4.19. The highest BCUT2D eigenvalue weighted by molar-refractivity contribution is 8.18. The fourth-order valence-corrected chi connectivity index (χ4v) is 7.07. The Balaban J connectivity index is 1.75. The van der Waals surface area contributed by atoms with Gasteiger partial charge in [0.1, 0.15) is 0 Å². The summed E-state index contributed by atoms with van der Waals surface area (Å²) in [5, 5.41) is 0. The first-order chi connectivity index (χ1) is 11.8. The van der Waals surface area contributed by atoms with Gasteiger partial charge < -0.3 is 4.57 Å². The lowest BCUT2D eigenvalue weighted by molar-refractivity contribution is 0.516. The van der Waals surface area contributed by atoms with Crippen LogP contribution in [0.1, 0.15) is 78.1 Å². The summed E-state index contributed by atoms with van der Waals surface area (Å²) in [5.41, 5.74) is 0. The van der Waals surface area contributed by atoms with E-state index in [2.05, 4.69) is 53.1 Å². The number of aryl methyl sites for hydroxylation is 1. The van der Waals surface area contributed by atoms with E-state index >= 15 is 0 Å². The first-order valence-electron chi connectivity index (χ1n) is 10.0. The molecule has 1 fully saturated rings. The predicted molar refractivity (Wildman–Crippen MR) is 111 cm³/mol. The summed E-state index contributed by atoms with van der Waals surface area (Å²) >= 11 is 4.53.